The maximum atomic E-state index is 13.8. The van der Waals surface area contributed by atoms with Crippen molar-refractivity contribution in [3.05, 3.63) is 36.0 Å². The summed E-state index contributed by atoms with van der Waals surface area (Å²) in [7, 11) is 0. The van der Waals surface area contributed by atoms with E-state index in [1.807, 2.05) is 38.1 Å². The second kappa shape index (κ2) is 9.69. The molecular weight excluding hydrogens is 460 g/mol. The standard InChI is InChI=1S/C27H36N4O5/c1-14(2)10-20(30-24(34)19-11-16-8-6-7-9-18(16)29-19)26(36)31-12-17-22(27(17,4)5)23(31)25(35)28-15(3)21(33)13-32/h6-9,11,14-15,17,20,22-23,29,32H,10,12-13H2,1-5H3,(H,28,35)(H,30,34)/t15-,17-,20-,22-,23-/m0/s1. The minimum atomic E-state index is -0.853. The van der Waals surface area contributed by atoms with E-state index in [1.54, 1.807) is 11.0 Å². The van der Waals surface area contributed by atoms with Gasteiger partial charge in [0.05, 0.1) is 6.04 Å². The van der Waals surface area contributed by atoms with Crippen molar-refractivity contribution in [3.63, 3.8) is 0 Å². The second-order valence-electron chi connectivity index (χ2n) is 11.2. The van der Waals surface area contributed by atoms with Crippen molar-refractivity contribution in [1.82, 2.24) is 20.5 Å². The van der Waals surface area contributed by atoms with Crippen LogP contribution in [0.25, 0.3) is 10.9 Å². The Morgan fingerprint density at radius 1 is 1.14 bits per heavy atom. The van der Waals surface area contributed by atoms with Gasteiger partial charge in [0.1, 0.15) is 24.4 Å². The lowest BCUT2D eigenvalue weighted by Gasteiger charge is -2.34. The van der Waals surface area contributed by atoms with E-state index >= 15 is 0 Å². The fourth-order valence-corrected chi connectivity index (χ4v) is 5.65. The number of para-hydroxylation sites is 1. The first kappa shape index (κ1) is 25.9. The van der Waals surface area contributed by atoms with Crippen LogP contribution in [0.1, 0.15) is 51.5 Å². The highest BCUT2D eigenvalue weighted by Crippen LogP contribution is 2.64. The molecule has 4 N–H and O–H groups in total. The second-order valence-corrected chi connectivity index (χ2v) is 11.2. The third kappa shape index (κ3) is 4.76. The largest absolute Gasteiger partial charge is 0.389 e. The fourth-order valence-electron chi connectivity index (χ4n) is 5.65. The number of nitrogens with one attached hydrogen (secondary N) is 3. The smallest absolute Gasteiger partial charge is 0.268 e. The summed E-state index contributed by atoms with van der Waals surface area (Å²) in [5.74, 6) is -1.29. The molecule has 1 aliphatic heterocycles. The van der Waals surface area contributed by atoms with Gasteiger partial charge in [-0.25, -0.2) is 0 Å². The summed E-state index contributed by atoms with van der Waals surface area (Å²) < 4.78 is 0. The van der Waals surface area contributed by atoms with Crippen molar-refractivity contribution in [3.8, 4) is 0 Å². The molecule has 1 aromatic carbocycles. The van der Waals surface area contributed by atoms with Crippen LogP contribution in [-0.4, -0.2) is 69.8 Å². The fraction of sp³-hybridized carbons (Fsp3) is 0.556. The van der Waals surface area contributed by atoms with E-state index in [2.05, 4.69) is 29.5 Å². The van der Waals surface area contributed by atoms with E-state index in [9.17, 15) is 19.2 Å². The van der Waals surface area contributed by atoms with E-state index in [0.29, 0.717) is 18.7 Å². The van der Waals surface area contributed by atoms with Crippen molar-refractivity contribution in [2.75, 3.05) is 13.2 Å². The number of likely N-dealkylation sites (tertiary alicyclic amines) is 1. The van der Waals surface area contributed by atoms with Crippen molar-refractivity contribution >= 4 is 34.4 Å². The predicted molar refractivity (Wildman–Crippen MR) is 135 cm³/mol. The summed E-state index contributed by atoms with van der Waals surface area (Å²) in [5, 5.41) is 15.6. The number of benzene rings is 1. The number of H-pyrrole nitrogens is 1. The number of rotatable bonds is 9. The molecule has 3 amide bonds. The highest BCUT2D eigenvalue weighted by Gasteiger charge is 2.69. The van der Waals surface area contributed by atoms with Crippen LogP contribution in [0.3, 0.4) is 0 Å². The average molecular weight is 497 g/mol. The highest BCUT2D eigenvalue weighted by molar-refractivity contribution is 6.01. The maximum absolute atomic E-state index is 13.8. The number of ketones is 1. The third-order valence-corrected chi connectivity index (χ3v) is 7.84. The van der Waals surface area contributed by atoms with Gasteiger partial charge in [-0.15, -0.1) is 0 Å². The average Bonchev–Trinajstić information content (AvgIpc) is 3.22. The van der Waals surface area contributed by atoms with Gasteiger partial charge in [0, 0.05) is 17.4 Å². The molecular formula is C27H36N4O5. The summed E-state index contributed by atoms with van der Waals surface area (Å²) in [5.41, 5.74) is 1.11. The molecule has 2 aliphatic rings. The molecule has 36 heavy (non-hydrogen) atoms. The molecule has 5 atom stereocenters. The maximum Gasteiger partial charge on any atom is 0.268 e. The summed E-state index contributed by atoms with van der Waals surface area (Å²) >= 11 is 0. The van der Waals surface area contributed by atoms with Crippen molar-refractivity contribution in [2.24, 2.45) is 23.2 Å². The molecule has 9 heteroatoms. The lowest BCUT2D eigenvalue weighted by Crippen LogP contribution is -2.57. The number of aromatic nitrogens is 1. The van der Waals surface area contributed by atoms with Gasteiger partial charge in [0.15, 0.2) is 5.78 Å². The van der Waals surface area contributed by atoms with Crippen molar-refractivity contribution in [2.45, 2.75) is 59.2 Å². The molecule has 9 nitrogen and oxygen atoms in total. The van der Waals surface area contributed by atoms with E-state index < -0.39 is 36.4 Å². The molecule has 1 saturated heterocycles. The zero-order valence-electron chi connectivity index (χ0n) is 21.5. The molecule has 2 heterocycles. The minimum absolute atomic E-state index is 0.0259. The molecule has 194 valence electrons. The number of nitrogens with zero attached hydrogens (tertiary/aromatic N) is 1. The number of Topliss-reactive ketones (excluding diaryl/α,β-unsaturated/α-hetero) is 1. The Hall–Kier alpha value is -3.20. The van der Waals surface area contributed by atoms with E-state index in [1.165, 1.54) is 6.92 Å². The van der Waals surface area contributed by atoms with Gasteiger partial charge in [-0.3, -0.25) is 19.2 Å². The van der Waals surface area contributed by atoms with Gasteiger partial charge in [-0.1, -0.05) is 45.9 Å². The first-order chi connectivity index (χ1) is 16.9. The normalized spacial score (nSPS) is 23.8. The number of amides is 3. The molecule has 2 fully saturated rings. The predicted octanol–water partition coefficient (Wildman–Crippen LogP) is 1.86. The van der Waals surface area contributed by atoms with Gasteiger partial charge in [-0.2, -0.15) is 0 Å². The van der Waals surface area contributed by atoms with Gasteiger partial charge < -0.3 is 25.6 Å². The van der Waals surface area contributed by atoms with E-state index in [-0.39, 0.29) is 35.0 Å². The van der Waals surface area contributed by atoms with Crippen LogP contribution in [0.2, 0.25) is 0 Å². The molecule has 1 aliphatic carbocycles. The first-order valence-corrected chi connectivity index (χ1v) is 12.6. The number of carbonyl (C=O) groups excluding carboxylic acids is 4. The van der Waals surface area contributed by atoms with Gasteiger partial charge in [0.2, 0.25) is 11.8 Å². The van der Waals surface area contributed by atoms with Crippen LogP contribution < -0.4 is 10.6 Å². The molecule has 1 aromatic heterocycles. The van der Waals surface area contributed by atoms with Crippen molar-refractivity contribution < 1.29 is 24.3 Å². The summed E-state index contributed by atoms with van der Waals surface area (Å²) in [6.07, 6.45) is 0.424. The monoisotopic (exact) mass is 496 g/mol. The number of hydrogen-bond donors (Lipinski definition) is 4. The molecule has 0 bridgehead atoms. The number of hydrogen-bond acceptors (Lipinski definition) is 5. The molecule has 1 saturated carbocycles. The number of aromatic amines is 1. The molecule has 2 aromatic rings. The van der Waals surface area contributed by atoms with Gasteiger partial charge >= 0.3 is 0 Å². The Bertz CT molecular complexity index is 1150. The van der Waals surface area contributed by atoms with Crippen molar-refractivity contribution in [1.29, 1.82) is 0 Å². The van der Waals surface area contributed by atoms with Crippen LogP contribution >= 0.6 is 0 Å². The molecule has 0 unspecified atom stereocenters. The lowest BCUT2D eigenvalue weighted by molar-refractivity contribution is -0.142. The van der Waals surface area contributed by atoms with E-state index in [4.69, 9.17) is 5.11 Å². The van der Waals surface area contributed by atoms with Crippen LogP contribution in [-0.2, 0) is 14.4 Å². The first-order valence-electron chi connectivity index (χ1n) is 12.6. The van der Waals surface area contributed by atoms with Crippen LogP contribution in [0, 0.1) is 23.2 Å². The zero-order chi connectivity index (χ0) is 26.4. The molecule has 0 spiro atoms. The molecule has 4 rings (SSSR count). The minimum Gasteiger partial charge on any atom is -0.389 e. The Kier molecular flexibility index (Phi) is 6.96. The number of fused-ring (bicyclic) bond motifs is 2. The van der Waals surface area contributed by atoms with Crippen LogP contribution in [0.15, 0.2) is 30.3 Å². The van der Waals surface area contributed by atoms with Gasteiger partial charge in [0.25, 0.3) is 5.91 Å². The zero-order valence-corrected chi connectivity index (χ0v) is 21.5. The summed E-state index contributed by atoms with van der Waals surface area (Å²) in [6.45, 7) is 9.40. The highest BCUT2D eigenvalue weighted by atomic mass is 16.3. The summed E-state index contributed by atoms with van der Waals surface area (Å²) in [6, 6.07) is 6.94. The van der Waals surface area contributed by atoms with Crippen LogP contribution in [0.5, 0.6) is 0 Å². The molecule has 0 radical (unpaired) electrons. The Morgan fingerprint density at radius 3 is 2.47 bits per heavy atom. The quantitative estimate of drug-likeness (QED) is 0.421. The number of aliphatic hydroxyl groups excluding tert-OH is 1. The van der Waals surface area contributed by atoms with Gasteiger partial charge in [-0.05, 0) is 48.6 Å². The Morgan fingerprint density at radius 2 is 1.83 bits per heavy atom. The van der Waals surface area contributed by atoms with Crippen LogP contribution in [0.4, 0.5) is 0 Å². The third-order valence-electron chi connectivity index (χ3n) is 7.84. The number of carbonyl (C=O) groups is 4. The Balaban J connectivity index is 1.54. The van der Waals surface area contributed by atoms with E-state index in [0.717, 1.165) is 10.9 Å². The SMILES string of the molecule is CC(C)C[C@H](NC(=O)c1cc2ccccc2[nH]1)C(=O)N1C[C@H]2[C@@H]([C@H]1C(=O)N[C@@H](C)C(=O)CO)C2(C)C. The summed E-state index contributed by atoms with van der Waals surface area (Å²) in [4.78, 5) is 56.7. The lowest BCUT2D eigenvalue weighted by atomic mass is 9.97. The number of aliphatic hydroxyl groups is 1. The number of piperidine rings is 1. The Labute approximate surface area is 211 Å². The topological polar surface area (TPSA) is 132 Å².